The summed E-state index contributed by atoms with van der Waals surface area (Å²) in [5, 5.41) is 9.66. The minimum atomic E-state index is -0.288. The minimum absolute atomic E-state index is 0.0942. The predicted molar refractivity (Wildman–Crippen MR) is 62.0 cm³/mol. The summed E-state index contributed by atoms with van der Waals surface area (Å²) in [4.78, 5) is 14.6. The summed E-state index contributed by atoms with van der Waals surface area (Å²) in [6.45, 7) is 0. The molecule has 1 heterocycles. The lowest BCUT2D eigenvalue weighted by Crippen LogP contribution is -2.07. The van der Waals surface area contributed by atoms with Crippen LogP contribution in [-0.4, -0.2) is 4.98 Å². The summed E-state index contributed by atoms with van der Waals surface area (Å²) in [5.41, 5.74) is 0.409. The molecule has 1 N–H and O–H groups in total. The van der Waals surface area contributed by atoms with E-state index in [4.69, 9.17) is 16.9 Å². The molecule has 1 aromatic carbocycles. The molecule has 0 bridgehead atoms. The first-order chi connectivity index (χ1) is 7.15. The van der Waals surface area contributed by atoms with E-state index in [-0.39, 0.29) is 11.0 Å². The van der Waals surface area contributed by atoms with Gasteiger partial charge in [-0.1, -0.05) is 11.6 Å². The third-order valence-corrected chi connectivity index (χ3v) is 3.43. The molecule has 0 amide bonds. The molecule has 0 saturated heterocycles. The molecule has 0 aliphatic carbocycles. The Bertz CT molecular complexity index is 642. The second-order valence-electron chi connectivity index (χ2n) is 2.93. The number of nitrogens with one attached hydrogen (secondary N) is 1. The molecule has 0 radical (unpaired) electrons. The van der Waals surface area contributed by atoms with E-state index in [0.29, 0.717) is 20.4 Å². The third kappa shape index (κ3) is 1.54. The molecule has 0 aliphatic rings. The Balaban J connectivity index is 3.00. The molecular formula is C10H4BrClN2O. The van der Waals surface area contributed by atoms with Crippen LogP contribution in [0.25, 0.3) is 10.9 Å². The minimum Gasteiger partial charge on any atom is -0.359 e. The van der Waals surface area contributed by atoms with Crippen LogP contribution in [0.2, 0.25) is 5.02 Å². The van der Waals surface area contributed by atoms with Crippen LogP contribution < -0.4 is 5.43 Å². The van der Waals surface area contributed by atoms with Gasteiger partial charge in [0.1, 0.15) is 11.6 Å². The fourth-order valence-corrected chi connectivity index (χ4v) is 1.94. The molecule has 1 aromatic heterocycles. The maximum Gasteiger partial charge on any atom is 0.207 e. The monoisotopic (exact) mass is 282 g/mol. The number of fused-ring (bicyclic) bond motifs is 1. The van der Waals surface area contributed by atoms with Crippen molar-refractivity contribution >= 4 is 38.4 Å². The number of benzene rings is 1. The highest BCUT2D eigenvalue weighted by atomic mass is 79.9. The zero-order chi connectivity index (χ0) is 11.0. The molecule has 74 valence electrons. The number of H-pyrrole nitrogens is 1. The molecule has 2 rings (SSSR count). The van der Waals surface area contributed by atoms with Crippen molar-refractivity contribution < 1.29 is 0 Å². The first kappa shape index (κ1) is 10.2. The Kier molecular flexibility index (Phi) is 2.51. The fraction of sp³-hybridized carbons (Fsp3) is 0. The Morgan fingerprint density at radius 2 is 2.20 bits per heavy atom. The van der Waals surface area contributed by atoms with Crippen LogP contribution in [0.5, 0.6) is 0 Å². The van der Waals surface area contributed by atoms with Crippen LogP contribution in [0.1, 0.15) is 5.56 Å². The number of aromatic amines is 1. The Morgan fingerprint density at radius 3 is 2.87 bits per heavy atom. The molecule has 3 nitrogen and oxygen atoms in total. The maximum absolute atomic E-state index is 11.7. The van der Waals surface area contributed by atoms with Crippen molar-refractivity contribution in [1.82, 2.24) is 4.98 Å². The van der Waals surface area contributed by atoms with Gasteiger partial charge in [-0.15, -0.1) is 0 Å². The lowest BCUT2D eigenvalue weighted by molar-refractivity contribution is 1.34. The second kappa shape index (κ2) is 3.69. The average Bonchev–Trinajstić information content (AvgIpc) is 2.24. The van der Waals surface area contributed by atoms with Crippen molar-refractivity contribution in [2.45, 2.75) is 0 Å². The number of aromatic nitrogens is 1. The van der Waals surface area contributed by atoms with Gasteiger partial charge in [-0.05, 0) is 28.1 Å². The van der Waals surface area contributed by atoms with Gasteiger partial charge in [0.05, 0.1) is 15.0 Å². The summed E-state index contributed by atoms with van der Waals surface area (Å²) < 4.78 is 0.628. The van der Waals surface area contributed by atoms with Gasteiger partial charge in [0, 0.05) is 11.6 Å². The van der Waals surface area contributed by atoms with E-state index in [1.165, 1.54) is 6.20 Å². The molecule has 5 heteroatoms. The molecule has 0 atom stereocenters. The topological polar surface area (TPSA) is 56.6 Å². The van der Waals surface area contributed by atoms with Crippen LogP contribution in [0.4, 0.5) is 0 Å². The number of hydrogen-bond donors (Lipinski definition) is 1. The first-order valence-electron chi connectivity index (χ1n) is 4.04. The summed E-state index contributed by atoms with van der Waals surface area (Å²) >= 11 is 9.16. The molecule has 15 heavy (non-hydrogen) atoms. The highest BCUT2D eigenvalue weighted by Crippen LogP contribution is 2.28. The van der Waals surface area contributed by atoms with Gasteiger partial charge >= 0.3 is 0 Å². The van der Waals surface area contributed by atoms with Crippen LogP contribution in [0.3, 0.4) is 0 Å². The van der Waals surface area contributed by atoms with Gasteiger partial charge in [-0.25, -0.2) is 0 Å². The van der Waals surface area contributed by atoms with E-state index in [1.807, 2.05) is 6.07 Å². The van der Waals surface area contributed by atoms with E-state index in [1.54, 1.807) is 12.1 Å². The maximum atomic E-state index is 11.7. The predicted octanol–water partition coefficient (Wildman–Crippen LogP) is 2.82. The number of nitriles is 1. The number of halogens is 2. The smallest absolute Gasteiger partial charge is 0.207 e. The molecule has 0 fully saturated rings. The van der Waals surface area contributed by atoms with Gasteiger partial charge in [-0.3, -0.25) is 4.79 Å². The number of hydrogen-bond acceptors (Lipinski definition) is 2. The van der Waals surface area contributed by atoms with Crippen molar-refractivity contribution in [2.75, 3.05) is 0 Å². The van der Waals surface area contributed by atoms with Crippen LogP contribution in [0, 0.1) is 11.3 Å². The van der Waals surface area contributed by atoms with Gasteiger partial charge in [-0.2, -0.15) is 5.26 Å². The lowest BCUT2D eigenvalue weighted by atomic mass is 10.1. The highest BCUT2D eigenvalue weighted by Gasteiger charge is 2.08. The van der Waals surface area contributed by atoms with Crippen molar-refractivity contribution in [2.24, 2.45) is 0 Å². The molecule has 0 aliphatic heterocycles. The molecule has 0 unspecified atom stereocenters. The lowest BCUT2D eigenvalue weighted by Gasteiger charge is -2.02. The molecule has 0 spiro atoms. The molecule has 2 aromatic rings. The standard InChI is InChI=1S/C10H4BrClN2O/c11-8-7(12)2-1-6-9(8)14-4-5(3-13)10(6)15/h1-2,4H,(H,14,15). The SMILES string of the molecule is N#Cc1c[nH]c2c(Br)c(Cl)ccc2c1=O. The molecular weight excluding hydrogens is 279 g/mol. The number of pyridine rings is 1. The second-order valence-corrected chi connectivity index (χ2v) is 4.13. The fourth-order valence-electron chi connectivity index (χ4n) is 1.32. The van der Waals surface area contributed by atoms with Crippen LogP contribution >= 0.6 is 27.5 Å². The largest absolute Gasteiger partial charge is 0.359 e. The molecule has 0 saturated carbocycles. The normalized spacial score (nSPS) is 10.2. The van der Waals surface area contributed by atoms with Crippen molar-refractivity contribution in [3.8, 4) is 6.07 Å². The Morgan fingerprint density at radius 1 is 1.47 bits per heavy atom. The first-order valence-corrected chi connectivity index (χ1v) is 5.21. The van der Waals surface area contributed by atoms with Crippen molar-refractivity contribution in [3.05, 3.63) is 43.6 Å². The zero-order valence-corrected chi connectivity index (χ0v) is 9.69. The van der Waals surface area contributed by atoms with Gasteiger partial charge in [0.2, 0.25) is 5.43 Å². The van der Waals surface area contributed by atoms with Crippen LogP contribution in [0.15, 0.2) is 27.6 Å². The summed E-state index contributed by atoms with van der Waals surface area (Å²) in [5.74, 6) is 0. The van der Waals surface area contributed by atoms with Crippen molar-refractivity contribution in [3.63, 3.8) is 0 Å². The number of rotatable bonds is 0. The van der Waals surface area contributed by atoms with E-state index < -0.39 is 0 Å². The average molecular weight is 284 g/mol. The van der Waals surface area contributed by atoms with E-state index in [9.17, 15) is 4.79 Å². The summed E-state index contributed by atoms with van der Waals surface area (Å²) in [6.07, 6.45) is 1.38. The van der Waals surface area contributed by atoms with Crippen molar-refractivity contribution in [1.29, 1.82) is 5.26 Å². The Labute approximate surface area is 98.4 Å². The summed E-state index contributed by atoms with van der Waals surface area (Å²) in [6, 6.07) is 5.04. The van der Waals surface area contributed by atoms with E-state index >= 15 is 0 Å². The van der Waals surface area contributed by atoms with Gasteiger partial charge < -0.3 is 4.98 Å². The highest BCUT2D eigenvalue weighted by molar-refractivity contribution is 9.10. The van der Waals surface area contributed by atoms with E-state index in [2.05, 4.69) is 20.9 Å². The Hall–Kier alpha value is -1.31. The van der Waals surface area contributed by atoms with Gasteiger partial charge in [0.15, 0.2) is 0 Å². The summed E-state index contributed by atoms with van der Waals surface area (Å²) in [7, 11) is 0. The zero-order valence-electron chi connectivity index (χ0n) is 7.34. The van der Waals surface area contributed by atoms with Crippen LogP contribution in [-0.2, 0) is 0 Å². The van der Waals surface area contributed by atoms with E-state index in [0.717, 1.165) is 0 Å². The van der Waals surface area contributed by atoms with Gasteiger partial charge in [0.25, 0.3) is 0 Å². The third-order valence-electron chi connectivity index (χ3n) is 2.07. The quantitative estimate of drug-likeness (QED) is 0.808. The number of nitrogens with zero attached hydrogens (tertiary/aromatic N) is 1.